The van der Waals surface area contributed by atoms with E-state index in [1.165, 1.54) is 11.5 Å². The molecule has 1 unspecified atom stereocenters. The summed E-state index contributed by atoms with van der Waals surface area (Å²) in [6.45, 7) is 2.78. The minimum atomic E-state index is -0.631. The van der Waals surface area contributed by atoms with Gasteiger partial charge in [-0.15, -0.1) is 5.10 Å². The Kier molecular flexibility index (Phi) is 3.41. The summed E-state index contributed by atoms with van der Waals surface area (Å²) in [6.07, 6.45) is -0.631. The predicted octanol–water partition coefficient (Wildman–Crippen LogP) is 0.608. The van der Waals surface area contributed by atoms with Crippen molar-refractivity contribution in [2.24, 2.45) is 0 Å². The average Bonchev–Trinajstić information content (AvgIpc) is 2.52. The van der Waals surface area contributed by atoms with Gasteiger partial charge < -0.3 is 9.84 Å². The van der Waals surface area contributed by atoms with E-state index in [0.29, 0.717) is 18.9 Å². The van der Waals surface area contributed by atoms with Gasteiger partial charge in [-0.05, 0) is 18.5 Å². The van der Waals surface area contributed by atoms with Crippen molar-refractivity contribution in [3.8, 4) is 0 Å². The topological polar surface area (TPSA) is 55.2 Å². The van der Waals surface area contributed by atoms with Crippen LogP contribution in [0.1, 0.15) is 18.7 Å². The smallest absolute Gasteiger partial charge is 0.122 e. The first-order valence-corrected chi connectivity index (χ1v) is 4.21. The number of nitrogens with zero attached hydrogens (tertiary/aromatic N) is 2. The number of hydrogen-bond acceptors (Lipinski definition) is 5. The molecule has 0 aliphatic rings. The number of ether oxygens (including phenoxy) is 1. The van der Waals surface area contributed by atoms with E-state index in [1.807, 2.05) is 6.92 Å². The first-order valence-electron chi connectivity index (χ1n) is 3.37. The highest BCUT2D eigenvalue weighted by Crippen LogP contribution is 2.10. The number of aromatic nitrogens is 2. The molecule has 0 aliphatic heterocycles. The standard InChI is InChI=1S/C6H10N2O2S/c1-2-10-3-6(9)5-4-11-8-7-5/h4,6,9H,2-3H2,1H3. The van der Waals surface area contributed by atoms with Gasteiger partial charge in [0.1, 0.15) is 11.8 Å². The van der Waals surface area contributed by atoms with Gasteiger partial charge >= 0.3 is 0 Å². The Morgan fingerprint density at radius 3 is 3.18 bits per heavy atom. The van der Waals surface area contributed by atoms with E-state index in [0.717, 1.165) is 0 Å². The summed E-state index contributed by atoms with van der Waals surface area (Å²) in [4.78, 5) is 0. The van der Waals surface area contributed by atoms with Gasteiger partial charge in [0.05, 0.1) is 6.61 Å². The Bertz CT molecular complexity index is 190. The van der Waals surface area contributed by atoms with Crippen molar-refractivity contribution < 1.29 is 9.84 Å². The van der Waals surface area contributed by atoms with Gasteiger partial charge in [0.25, 0.3) is 0 Å². The van der Waals surface area contributed by atoms with Crippen molar-refractivity contribution in [1.29, 1.82) is 0 Å². The Morgan fingerprint density at radius 1 is 1.82 bits per heavy atom. The molecule has 1 N–H and O–H groups in total. The molecule has 4 nitrogen and oxygen atoms in total. The number of aliphatic hydroxyl groups is 1. The van der Waals surface area contributed by atoms with Gasteiger partial charge in [0.2, 0.25) is 0 Å². The van der Waals surface area contributed by atoms with Crippen LogP contribution < -0.4 is 0 Å². The summed E-state index contributed by atoms with van der Waals surface area (Å²) in [5, 5.41) is 14.7. The molecule has 5 heteroatoms. The van der Waals surface area contributed by atoms with Crippen LogP contribution in [0.4, 0.5) is 0 Å². The lowest BCUT2D eigenvalue weighted by molar-refractivity contribution is 0.0398. The summed E-state index contributed by atoms with van der Waals surface area (Å²) in [5.74, 6) is 0. The Balaban J connectivity index is 2.36. The number of hydrogen-bond donors (Lipinski definition) is 1. The lowest BCUT2D eigenvalue weighted by atomic mass is 10.3. The van der Waals surface area contributed by atoms with Crippen LogP contribution in [0.5, 0.6) is 0 Å². The third-order valence-electron chi connectivity index (χ3n) is 1.20. The first kappa shape index (κ1) is 8.58. The summed E-state index contributed by atoms with van der Waals surface area (Å²) >= 11 is 1.22. The first-order chi connectivity index (χ1) is 5.34. The SMILES string of the molecule is CCOCC(O)c1csnn1. The van der Waals surface area contributed by atoms with Crippen LogP contribution in [0, 0.1) is 0 Å². The monoisotopic (exact) mass is 174 g/mol. The van der Waals surface area contributed by atoms with E-state index in [2.05, 4.69) is 9.59 Å². The Morgan fingerprint density at radius 2 is 2.64 bits per heavy atom. The van der Waals surface area contributed by atoms with Crippen LogP contribution in [-0.2, 0) is 4.74 Å². The summed E-state index contributed by atoms with van der Waals surface area (Å²) in [6, 6.07) is 0. The molecule has 0 spiro atoms. The third kappa shape index (κ3) is 2.53. The molecule has 0 saturated heterocycles. The maximum absolute atomic E-state index is 9.32. The number of aliphatic hydroxyl groups excluding tert-OH is 1. The minimum absolute atomic E-state index is 0.294. The second-order valence-corrected chi connectivity index (χ2v) is 2.61. The van der Waals surface area contributed by atoms with Crippen LogP contribution in [0.15, 0.2) is 5.38 Å². The molecule has 11 heavy (non-hydrogen) atoms. The highest BCUT2D eigenvalue weighted by atomic mass is 32.1. The summed E-state index contributed by atoms with van der Waals surface area (Å²) < 4.78 is 8.63. The van der Waals surface area contributed by atoms with E-state index < -0.39 is 6.10 Å². The maximum Gasteiger partial charge on any atom is 0.122 e. The fourth-order valence-electron chi connectivity index (χ4n) is 0.632. The zero-order valence-corrected chi connectivity index (χ0v) is 7.04. The molecule has 1 aromatic rings. The van der Waals surface area contributed by atoms with Crippen molar-refractivity contribution >= 4 is 11.5 Å². The quantitative estimate of drug-likeness (QED) is 0.726. The molecular weight excluding hydrogens is 164 g/mol. The fourth-order valence-corrected chi connectivity index (χ4v) is 1.13. The molecule has 1 heterocycles. The van der Waals surface area contributed by atoms with Crippen LogP contribution in [0.25, 0.3) is 0 Å². The van der Waals surface area contributed by atoms with Gasteiger partial charge in [0, 0.05) is 12.0 Å². The summed E-state index contributed by atoms with van der Waals surface area (Å²) in [5.41, 5.74) is 0.587. The lowest BCUT2D eigenvalue weighted by Crippen LogP contribution is -2.07. The molecule has 0 bridgehead atoms. The molecule has 0 radical (unpaired) electrons. The van der Waals surface area contributed by atoms with Crippen molar-refractivity contribution in [1.82, 2.24) is 9.59 Å². The maximum atomic E-state index is 9.32. The highest BCUT2D eigenvalue weighted by Gasteiger charge is 2.09. The predicted molar refractivity (Wildman–Crippen MR) is 41.4 cm³/mol. The van der Waals surface area contributed by atoms with Crippen LogP contribution in [0.3, 0.4) is 0 Å². The largest absolute Gasteiger partial charge is 0.384 e. The van der Waals surface area contributed by atoms with Gasteiger partial charge in [0.15, 0.2) is 0 Å². The molecule has 62 valence electrons. The summed E-state index contributed by atoms with van der Waals surface area (Å²) in [7, 11) is 0. The molecule has 0 saturated carbocycles. The second kappa shape index (κ2) is 4.38. The van der Waals surface area contributed by atoms with Crippen molar-refractivity contribution in [3.05, 3.63) is 11.1 Å². The second-order valence-electron chi connectivity index (χ2n) is 2.01. The van der Waals surface area contributed by atoms with Crippen LogP contribution in [-0.4, -0.2) is 27.9 Å². The normalized spacial score (nSPS) is 13.3. The van der Waals surface area contributed by atoms with E-state index >= 15 is 0 Å². The van der Waals surface area contributed by atoms with E-state index in [9.17, 15) is 5.11 Å². The van der Waals surface area contributed by atoms with E-state index in [-0.39, 0.29) is 0 Å². The van der Waals surface area contributed by atoms with Gasteiger partial charge in [-0.2, -0.15) is 0 Å². The average molecular weight is 174 g/mol. The van der Waals surface area contributed by atoms with E-state index in [1.54, 1.807) is 5.38 Å². The molecule has 1 atom stereocenters. The Labute approximate surface area is 69.0 Å². The fraction of sp³-hybridized carbons (Fsp3) is 0.667. The van der Waals surface area contributed by atoms with Crippen LogP contribution in [0.2, 0.25) is 0 Å². The molecule has 1 aromatic heterocycles. The van der Waals surface area contributed by atoms with Crippen molar-refractivity contribution in [2.45, 2.75) is 13.0 Å². The van der Waals surface area contributed by atoms with E-state index in [4.69, 9.17) is 4.74 Å². The third-order valence-corrected chi connectivity index (χ3v) is 1.72. The van der Waals surface area contributed by atoms with Gasteiger partial charge in [-0.1, -0.05) is 4.49 Å². The molecule has 0 amide bonds. The van der Waals surface area contributed by atoms with Gasteiger partial charge in [-0.25, -0.2) is 0 Å². The van der Waals surface area contributed by atoms with Crippen molar-refractivity contribution in [2.75, 3.05) is 13.2 Å². The molecular formula is C6H10N2O2S. The highest BCUT2D eigenvalue weighted by molar-refractivity contribution is 7.03. The van der Waals surface area contributed by atoms with Crippen molar-refractivity contribution in [3.63, 3.8) is 0 Å². The zero-order valence-electron chi connectivity index (χ0n) is 6.23. The Hall–Kier alpha value is -0.520. The van der Waals surface area contributed by atoms with Crippen LogP contribution >= 0.6 is 11.5 Å². The van der Waals surface area contributed by atoms with Gasteiger partial charge in [-0.3, -0.25) is 0 Å². The lowest BCUT2D eigenvalue weighted by Gasteiger charge is -2.05. The minimum Gasteiger partial charge on any atom is -0.384 e. The number of rotatable bonds is 4. The molecule has 0 fully saturated rings. The molecule has 0 aromatic carbocycles. The molecule has 0 aliphatic carbocycles. The molecule has 1 rings (SSSR count). The zero-order chi connectivity index (χ0) is 8.10.